The summed E-state index contributed by atoms with van der Waals surface area (Å²) in [5.74, 6) is -0.220. The number of thiocarbonyl (C=S) groups is 1. The molecule has 2 aromatic rings. The number of para-hydroxylation sites is 1. The van der Waals surface area contributed by atoms with Crippen molar-refractivity contribution in [1.29, 1.82) is 0 Å². The third-order valence-corrected chi connectivity index (χ3v) is 4.01. The molecule has 2 rings (SSSR count). The molecular formula is C20H23N3O3S. The minimum absolute atomic E-state index is 0.0774. The number of primary amides is 1. The molecule has 0 aliphatic heterocycles. The Bertz CT molecular complexity index is 806. The van der Waals surface area contributed by atoms with Gasteiger partial charge in [-0.2, -0.15) is 0 Å². The number of hydrogen-bond donors (Lipinski definition) is 3. The van der Waals surface area contributed by atoms with Crippen molar-refractivity contribution in [2.45, 2.75) is 26.2 Å². The Morgan fingerprint density at radius 3 is 2.44 bits per heavy atom. The number of benzene rings is 2. The van der Waals surface area contributed by atoms with Crippen LogP contribution in [0.5, 0.6) is 5.75 Å². The maximum Gasteiger partial charge on any atom is 0.257 e. The molecule has 0 fully saturated rings. The molecule has 0 atom stereocenters. The molecule has 2 amide bonds. The van der Waals surface area contributed by atoms with Gasteiger partial charge in [-0.25, -0.2) is 0 Å². The van der Waals surface area contributed by atoms with E-state index < -0.39 is 5.91 Å². The lowest BCUT2D eigenvalue weighted by Crippen LogP contribution is -2.34. The van der Waals surface area contributed by atoms with E-state index in [4.69, 9.17) is 22.7 Å². The first kappa shape index (κ1) is 20.4. The van der Waals surface area contributed by atoms with Gasteiger partial charge in [0.05, 0.1) is 17.9 Å². The topological polar surface area (TPSA) is 93.4 Å². The van der Waals surface area contributed by atoms with Crippen LogP contribution in [0, 0.1) is 0 Å². The summed E-state index contributed by atoms with van der Waals surface area (Å²) in [6.07, 6.45) is 3.27. The predicted molar refractivity (Wildman–Crippen MR) is 110 cm³/mol. The van der Waals surface area contributed by atoms with Crippen LogP contribution in [0.4, 0.5) is 5.69 Å². The van der Waals surface area contributed by atoms with E-state index in [9.17, 15) is 9.59 Å². The van der Waals surface area contributed by atoms with E-state index in [1.807, 2.05) is 0 Å². The monoisotopic (exact) mass is 385 g/mol. The summed E-state index contributed by atoms with van der Waals surface area (Å²) in [6.45, 7) is 2.80. The molecule has 0 saturated carbocycles. The molecule has 4 N–H and O–H groups in total. The smallest absolute Gasteiger partial charge is 0.257 e. The largest absolute Gasteiger partial charge is 0.494 e. The molecule has 2 aromatic carbocycles. The Kier molecular flexibility index (Phi) is 7.76. The van der Waals surface area contributed by atoms with Crippen molar-refractivity contribution in [1.82, 2.24) is 5.32 Å². The van der Waals surface area contributed by atoms with Gasteiger partial charge in [0.2, 0.25) is 0 Å². The van der Waals surface area contributed by atoms with E-state index in [-0.39, 0.29) is 11.0 Å². The van der Waals surface area contributed by atoms with Crippen LogP contribution in [0.25, 0.3) is 0 Å². The fraction of sp³-hybridized carbons (Fsp3) is 0.250. The summed E-state index contributed by atoms with van der Waals surface area (Å²) in [5, 5.41) is 5.47. The summed E-state index contributed by atoms with van der Waals surface area (Å²) in [4.78, 5) is 23.7. The zero-order chi connectivity index (χ0) is 19.6. The average molecular weight is 385 g/mol. The van der Waals surface area contributed by atoms with Crippen LogP contribution in [-0.4, -0.2) is 23.5 Å². The van der Waals surface area contributed by atoms with E-state index in [1.54, 1.807) is 48.5 Å². The fourth-order valence-corrected chi connectivity index (χ4v) is 2.58. The predicted octanol–water partition coefficient (Wildman–Crippen LogP) is 3.48. The van der Waals surface area contributed by atoms with Crippen molar-refractivity contribution in [2.24, 2.45) is 5.73 Å². The van der Waals surface area contributed by atoms with Gasteiger partial charge in [0.15, 0.2) is 5.11 Å². The van der Waals surface area contributed by atoms with Crippen LogP contribution < -0.4 is 21.1 Å². The molecule has 0 saturated heterocycles. The number of carbonyl (C=O) groups excluding carboxylic acids is 2. The molecular weight excluding hydrogens is 362 g/mol. The summed E-state index contributed by atoms with van der Waals surface area (Å²) >= 11 is 5.15. The maximum absolute atomic E-state index is 12.3. The van der Waals surface area contributed by atoms with Gasteiger partial charge in [-0.3, -0.25) is 14.9 Å². The lowest BCUT2D eigenvalue weighted by Gasteiger charge is -2.12. The van der Waals surface area contributed by atoms with Gasteiger partial charge in [-0.15, -0.1) is 0 Å². The normalized spacial score (nSPS) is 10.1. The molecule has 0 radical (unpaired) electrons. The molecule has 0 bridgehead atoms. The van der Waals surface area contributed by atoms with E-state index in [2.05, 4.69) is 17.6 Å². The second-order valence-electron chi connectivity index (χ2n) is 5.90. The van der Waals surface area contributed by atoms with Gasteiger partial charge in [0, 0.05) is 5.56 Å². The SMILES string of the molecule is CCCCCOc1ccc(C(=O)NC(=S)Nc2ccccc2C(N)=O)cc1. The van der Waals surface area contributed by atoms with E-state index in [0.717, 1.165) is 25.0 Å². The molecule has 0 aromatic heterocycles. The summed E-state index contributed by atoms with van der Waals surface area (Å²) < 4.78 is 5.62. The zero-order valence-corrected chi connectivity index (χ0v) is 16.0. The van der Waals surface area contributed by atoms with Crippen LogP contribution >= 0.6 is 12.2 Å². The number of rotatable bonds is 8. The zero-order valence-electron chi connectivity index (χ0n) is 15.2. The molecule has 7 heteroatoms. The second kappa shape index (κ2) is 10.3. The molecule has 6 nitrogen and oxygen atoms in total. The lowest BCUT2D eigenvalue weighted by atomic mass is 10.1. The number of carbonyl (C=O) groups is 2. The van der Waals surface area contributed by atoms with Crippen LogP contribution in [0.3, 0.4) is 0 Å². The highest BCUT2D eigenvalue weighted by Crippen LogP contribution is 2.15. The van der Waals surface area contributed by atoms with Crippen molar-refractivity contribution in [3.8, 4) is 5.75 Å². The quantitative estimate of drug-likeness (QED) is 0.478. The number of nitrogens with one attached hydrogen (secondary N) is 2. The first-order valence-corrected chi connectivity index (χ1v) is 9.16. The Morgan fingerprint density at radius 2 is 1.78 bits per heavy atom. The molecule has 0 unspecified atom stereocenters. The first-order chi connectivity index (χ1) is 13.0. The average Bonchev–Trinajstić information content (AvgIpc) is 2.66. The molecule has 27 heavy (non-hydrogen) atoms. The third kappa shape index (κ3) is 6.38. The van der Waals surface area contributed by atoms with Crippen molar-refractivity contribution < 1.29 is 14.3 Å². The minimum atomic E-state index is -0.582. The van der Waals surface area contributed by atoms with Gasteiger partial charge in [0.25, 0.3) is 11.8 Å². The van der Waals surface area contributed by atoms with Gasteiger partial charge in [0.1, 0.15) is 5.75 Å². The maximum atomic E-state index is 12.3. The highest BCUT2D eigenvalue weighted by atomic mass is 32.1. The van der Waals surface area contributed by atoms with Crippen LogP contribution in [-0.2, 0) is 0 Å². The third-order valence-electron chi connectivity index (χ3n) is 3.80. The van der Waals surface area contributed by atoms with Gasteiger partial charge in [-0.1, -0.05) is 31.9 Å². The van der Waals surface area contributed by atoms with Crippen LogP contribution in [0.2, 0.25) is 0 Å². The van der Waals surface area contributed by atoms with Crippen molar-refractivity contribution in [2.75, 3.05) is 11.9 Å². The van der Waals surface area contributed by atoms with Crippen molar-refractivity contribution in [3.63, 3.8) is 0 Å². The van der Waals surface area contributed by atoms with E-state index >= 15 is 0 Å². The standard InChI is InChI=1S/C20H23N3O3S/c1-2-3-6-13-26-15-11-9-14(10-12-15)19(25)23-20(27)22-17-8-5-4-7-16(17)18(21)24/h4-5,7-12H,2-3,6,13H2,1H3,(H2,21,24)(H2,22,23,25,27). The van der Waals surface area contributed by atoms with Crippen LogP contribution in [0.15, 0.2) is 48.5 Å². The number of nitrogens with two attached hydrogens (primary N) is 1. The van der Waals surface area contributed by atoms with Crippen LogP contribution in [0.1, 0.15) is 46.9 Å². The van der Waals surface area contributed by atoms with E-state index in [1.165, 1.54) is 0 Å². The Labute approximate surface area is 164 Å². The number of amides is 2. The summed E-state index contributed by atoms with van der Waals surface area (Å²) in [7, 11) is 0. The Balaban J connectivity index is 1.91. The van der Waals surface area contributed by atoms with Gasteiger partial charge < -0.3 is 15.8 Å². The molecule has 0 aliphatic rings. The van der Waals surface area contributed by atoms with Crippen molar-refractivity contribution in [3.05, 3.63) is 59.7 Å². The number of unbranched alkanes of at least 4 members (excludes halogenated alkanes) is 2. The highest BCUT2D eigenvalue weighted by molar-refractivity contribution is 7.80. The Hall–Kier alpha value is -2.93. The molecule has 0 spiro atoms. The second-order valence-corrected chi connectivity index (χ2v) is 6.31. The molecule has 0 heterocycles. The fourth-order valence-electron chi connectivity index (χ4n) is 2.38. The summed E-state index contributed by atoms with van der Waals surface area (Å²) in [6, 6.07) is 13.5. The number of hydrogen-bond acceptors (Lipinski definition) is 4. The highest BCUT2D eigenvalue weighted by Gasteiger charge is 2.11. The molecule has 142 valence electrons. The minimum Gasteiger partial charge on any atom is -0.494 e. The van der Waals surface area contributed by atoms with Crippen molar-refractivity contribution >= 4 is 34.8 Å². The van der Waals surface area contributed by atoms with Gasteiger partial charge in [-0.05, 0) is 55.0 Å². The van der Waals surface area contributed by atoms with Gasteiger partial charge >= 0.3 is 0 Å². The lowest BCUT2D eigenvalue weighted by molar-refractivity contribution is 0.0975. The first-order valence-electron chi connectivity index (χ1n) is 8.75. The number of anilines is 1. The number of ether oxygens (including phenoxy) is 1. The van der Waals surface area contributed by atoms with E-state index in [0.29, 0.717) is 23.4 Å². The summed E-state index contributed by atoms with van der Waals surface area (Å²) in [5.41, 5.74) is 6.50. The Morgan fingerprint density at radius 1 is 1.07 bits per heavy atom. The molecule has 0 aliphatic carbocycles.